The van der Waals surface area contributed by atoms with Gasteiger partial charge in [-0.25, -0.2) is 9.38 Å². The third-order valence-corrected chi connectivity index (χ3v) is 4.76. The third-order valence-electron chi connectivity index (χ3n) is 4.76. The molecule has 1 aliphatic rings. The number of ether oxygens (including phenoxy) is 2. The fourth-order valence-corrected chi connectivity index (χ4v) is 3.26. The first-order chi connectivity index (χ1) is 15.2. The van der Waals surface area contributed by atoms with Crippen molar-refractivity contribution in [1.82, 2.24) is 5.43 Å². The van der Waals surface area contributed by atoms with Crippen molar-refractivity contribution in [3.8, 4) is 11.5 Å². The van der Waals surface area contributed by atoms with E-state index in [9.17, 15) is 4.39 Å². The van der Waals surface area contributed by atoms with E-state index in [2.05, 4.69) is 17.5 Å². The Morgan fingerprint density at radius 1 is 0.839 bits per heavy atom. The van der Waals surface area contributed by atoms with E-state index >= 15 is 0 Å². The summed E-state index contributed by atoms with van der Waals surface area (Å²) in [6, 6.07) is 19.7. The summed E-state index contributed by atoms with van der Waals surface area (Å²) in [6.45, 7) is 5.27. The molecule has 0 aliphatic carbocycles. The maximum Gasteiger partial charge on any atom is 0.154 e. The monoisotopic (exact) mass is 417 g/mol. The maximum atomic E-state index is 13.4. The zero-order valence-electron chi connectivity index (χ0n) is 17.6. The quantitative estimate of drug-likeness (QED) is 0.556. The normalized spacial score (nSPS) is 12.7. The number of nitrogens with zero attached hydrogens (tertiary/aromatic N) is 2. The van der Waals surface area contributed by atoms with Crippen LogP contribution in [0.2, 0.25) is 0 Å². The molecule has 0 saturated carbocycles. The van der Waals surface area contributed by atoms with Crippen LogP contribution >= 0.6 is 0 Å². The lowest BCUT2D eigenvalue weighted by atomic mass is 10.0. The average molecular weight is 417 g/mol. The SMILES string of the molecule is CCCOc1ccc(C2=NNC(c3ccc(F)cc3)=Nc3ccc(OCC)cc32)cc1. The molecule has 158 valence electrons. The fourth-order valence-electron chi connectivity index (χ4n) is 3.26. The van der Waals surface area contributed by atoms with E-state index in [-0.39, 0.29) is 5.82 Å². The molecule has 5 nitrogen and oxygen atoms in total. The lowest BCUT2D eigenvalue weighted by Gasteiger charge is -2.11. The molecule has 0 atom stereocenters. The van der Waals surface area contributed by atoms with Gasteiger partial charge in [0, 0.05) is 16.7 Å². The van der Waals surface area contributed by atoms with Crippen molar-refractivity contribution in [3.63, 3.8) is 0 Å². The highest BCUT2D eigenvalue weighted by atomic mass is 19.1. The number of halogens is 1. The topological polar surface area (TPSA) is 55.2 Å². The van der Waals surface area contributed by atoms with Crippen LogP contribution in [-0.2, 0) is 0 Å². The van der Waals surface area contributed by atoms with Gasteiger partial charge in [0.2, 0.25) is 0 Å². The van der Waals surface area contributed by atoms with Crippen LogP contribution in [0.15, 0.2) is 76.8 Å². The van der Waals surface area contributed by atoms with E-state index in [0.29, 0.717) is 19.0 Å². The number of rotatable bonds is 7. The Morgan fingerprint density at radius 3 is 2.26 bits per heavy atom. The summed E-state index contributed by atoms with van der Waals surface area (Å²) in [5, 5.41) is 4.65. The minimum atomic E-state index is -0.297. The summed E-state index contributed by atoms with van der Waals surface area (Å²) >= 11 is 0. The highest BCUT2D eigenvalue weighted by Crippen LogP contribution is 2.30. The summed E-state index contributed by atoms with van der Waals surface area (Å²) < 4.78 is 24.8. The van der Waals surface area contributed by atoms with Crippen molar-refractivity contribution in [2.75, 3.05) is 13.2 Å². The highest BCUT2D eigenvalue weighted by Gasteiger charge is 2.18. The standard InChI is InChI=1S/C25H24FN3O2/c1-3-15-31-20-11-7-17(8-12-20)24-22-16-21(30-4-2)13-14-23(22)27-25(29-28-24)18-5-9-19(26)10-6-18/h5-14,16H,3-4,15H2,1-2H3,(H,27,29). The summed E-state index contributed by atoms with van der Waals surface area (Å²) in [5.41, 5.74) is 7.05. The molecule has 31 heavy (non-hydrogen) atoms. The number of benzene rings is 3. The average Bonchev–Trinajstić information content (AvgIpc) is 2.98. The number of nitrogens with one attached hydrogen (secondary N) is 1. The molecule has 0 aromatic heterocycles. The largest absolute Gasteiger partial charge is 0.494 e. The van der Waals surface area contributed by atoms with Gasteiger partial charge in [-0.3, -0.25) is 5.43 Å². The molecule has 6 heteroatoms. The van der Waals surface area contributed by atoms with Gasteiger partial charge in [-0.05, 0) is 80.1 Å². The molecule has 0 radical (unpaired) electrons. The number of fused-ring (bicyclic) bond motifs is 1. The number of hydrogen-bond donors (Lipinski definition) is 1. The Labute approximate surface area is 181 Å². The first kappa shape index (κ1) is 20.6. The van der Waals surface area contributed by atoms with E-state index in [1.807, 2.05) is 49.4 Å². The van der Waals surface area contributed by atoms with Crippen LogP contribution in [0, 0.1) is 5.82 Å². The lowest BCUT2D eigenvalue weighted by Crippen LogP contribution is -2.19. The second-order valence-corrected chi connectivity index (χ2v) is 7.02. The first-order valence-electron chi connectivity index (χ1n) is 10.4. The smallest absolute Gasteiger partial charge is 0.154 e. The second-order valence-electron chi connectivity index (χ2n) is 7.02. The van der Waals surface area contributed by atoms with Gasteiger partial charge in [-0.1, -0.05) is 6.92 Å². The van der Waals surface area contributed by atoms with Gasteiger partial charge in [0.1, 0.15) is 23.0 Å². The summed E-state index contributed by atoms with van der Waals surface area (Å²) in [4.78, 5) is 4.76. The van der Waals surface area contributed by atoms with Crippen LogP contribution in [0.5, 0.6) is 11.5 Å². The molecule has 1 aliphatic heterocycles. The molecule has 0 bridgehead atoms. The zero-order chi connectivity index (χ0) is 21.6. The van der Waals surface area contributed by atoms with Crippen LogP contribution in [0.4, 0.5) is 10.1 Å². The van der Waals surface area contributed by atoms with Gasteiger partial charge in [0.15, 0.2) is 5.84 Å². The van der Waals surface area contributed by atoms with Gasteiger partial charge < -0.3 is 9.47 Å². The van der Waals surface area contributed by atoms with Crippen LogP contribution in [0.1, 0.15) is 37.0 Å². The highest BCUT2D eigenvalue weighted by molar-refractivity contribution is 6.18. The Hall–Kier alpha value is -3.67. The Kier molecular flexibility index (Phi) is 6.26. The van der Waals surface area contributed by atoms with Crippen molar-refractivity contribution in [2.24, 2.45) is 10.1 Å². The Bertz CT molecular complexity index is 1110. The molecule has 3 aromatic carbocycles. The van der Waals surface area contributed by atoms with Gasteiger partial charge >= 0.3 is 0 Å². The summed E-state index contributed by atoms with van der Waals surface area (Å²) in [5.74, 6) is 1.81. The molecule has 0 amide bonds. The van der Waals surface area contributed by atoms with Crippen LogP contribution in [-0.4, -0.2) is 24.8 Å². The van der Waals surface area contributed by atoms with Gasteiger partial charge in [-0.15, -0.1) is 0 Å². The minimum Gasteiger partial charge on any atom is -0.494 e. The molecule has 0 spiro atoms. The number of aliphatic imine (C=N–C) groups is 1. The van der Waals surface area contributed by atoms with Crippen molar-refractivity contribution in [1.29, 1.82) is 0 Å². The van der Waals surface area contributed by atoms with Crippen LogP contribution < -0.4 is 14.9 Å². The van der Waals surface area contributed by atoms with E-state index in [4.69, 9.17) is 14.5 Å². The Morgan fingerprint density at radius 2 is 1.55 bits per heavy atom. The summed E-state index contributed by atoms with van der Waals surface area (Å²) in [7, 11) is 0. The van der Waals surface area contributed by atoms with Gasteiger partial charge in [-0.2, -0.15) is 5.10 Å². The first-order valence-corrected chi connectivity index (χ1v) is 10.4. The predicted octanol–water partition coefficient (Wildman–Crippen LogP) is 5.45. The van der Waals surface area contributed by atoms with E-state index in [0.717, 1.165) is 46.0 Å². The zero-order valence-corrected chi connectivity index (χ0v) is 17.6. The number of hydrogen-bond acceptors (Lipinski definition) is 5. The molecule has 0 unspecified atom stereocenters. The molecule has 4 rings (SSSR count). The molecule has 1 heterocycles. The van der Waals surface area contributed by atoms with Crippen LogP contribution in [0.25, 0.3) is 0 Å². The summed E-state index contributed by atoms with van der Waals surface area (Å²) in [6.07, 6.45) is 0.954. The van der Waals surface area contributed by atoms with Crippen molar-refractivity contribution < 1.29 is 13.9 Å². The van der Waals surface area contributed by atoms with Gasteiger partial charge in [0.25, 0.3) is 0 Å². The number of hydrazone groups is 1. The minimum absolute atomic E-state index is 0.297. The van der Waals surface area contributed by atoms with Gasteiger partial charge in [0.05, 0.1) is 18.9 Å². The fraction of sp³-hybridized carbons (Fsp3) is 0.200. The molecule has 3 aromatic rings. The molecular formula is C25H24FN3O2. The number of amidine groups is 1. The lowest BCUT2D eigenvalue weighted by molar-refractivity contribution is 0.317. The Balaban J connectivity index is 1.76. The molecule has 0 saturated heterocycles. The molecule has 1 N–H and O–H groups in total. The van der Waals surface area contributed by atoms with Crippen molar-refractivity contribution in [3.05, 3.63) is 89.2 Å². The second kappa shape index (κ2) is 9.43. The van der Waals surface area contributed by atoms with E-state index in [1.54, 1.807) is 12.1 Å². The maximum absolute atomic E-state index is 13.4. The van der Waals surface area contributed by atoms with Crippen molar-refractivity contribution >= 4 is 17.2 Å². The van der Waals surface area contributed by atoms with E-state index in [1.165, 1.54) is 12.1 Å². The van der Waals surface area contributed by atoms with Crippen molar-refractivity contribution in [2.45, 2.75) is 20.3 Å². The van der Waals surface area contributed by atoms with E-state index < -0.39 is 0 Å². The predicted molar refractivity (Wildman–Crippen MR) is 121 cm³/mol. The van der Waals surface area contributed by atoms with Crippen LogP contribution in [0.3, 0.4) is 0 Å². The third kappa shape index (κ3) is 4.74. The molecule has 0 fully saturated rings. The molecular weight excluding hydrogens is 393 g/mol.